The first-order chi connectivity index (χ1) is 13.0. The topological polar surface area (TPSA) is 66.4 Å². The van der Waals surface area contributed by atoms with Crippen LogP contribution in [0.4, 0.5) is 0 Å². The van der Waals surface area contributed by atoms with E-state index in [0.717, 1.165) is 17.5 Å². The molecule has 0 radical (unpaired) electrons. The van der Waals surface area contributed by atoms with Gasteiger partial charge in [0.1, 0.15) is 0 Å². The lowest BCUT2D eigenvalue weighted by molar-refractivity contribution is -0.146. The van der Waals surface area contributed by atoms with E-state index >= 15 is 0 Å². The summed E-state index contributed by atoms with van der Waals surface area (Å²) in [6.07, 6.45) is 2.00. The largest absolute Gasteiger partial charge is 0.481 e. The van der Waals surface area contributed by atoms with Crippen molar-refractivity contribution in [3.8, 4) is 0 Å². The van der Waals surface area contributed by atoms with Crippen molar-refractivity contribution in [2.45, 2.75) is 45.1 Å². The summed E-state index contributed by atoms with van der Waals surface area (Å²) < 4.78 is 0. The number of aliphatic carboxylic acids is 1. The summed E-state index contributed by atoms with van der Waals surface area (Å²) in [4.78, 5) is 24.4. The van der Waals surface area contributed by atoms with E-state index in [1.54, 1.807) is 0 Å². The van der Waals surface area contributed by atoms with Crippen LogP contribution in [0.15, 0.2) is 54.6 Å². The van der Waals surface area contributed by atoms with Crippen LogP contribution < -0.4 is 5.32 Å². The number of hydrogen-bond acceptors (Lipinski definition) is 2. The monoisotopic (exact) mass is 365 g/mol. The summed E-state index contributed by atoms with van der Waals surface area (Å²) in [6, 6.07) is 17.8. The van der Waals surface area contributed by atoms with Crippen LogP contribution in [-0.2, 0) is 9.59 Å². The molecule has 0 heterocycles. The van der Waals surface area contributed by atoms with Gasteiger partial charge in [0.15, 0.2) is 0 Å². The summed E-state index contributed by atoms with van der Waals surface area (Å²) in [6.45, 7) is 4.30. The molecular weight excluding hydrogens is 338 g/mol. The molecule has 0 unspecified atom stereocenters. The standard InChI is InChI=1S/C23H27NO3/c1-15(2)16-11-13-18(14-12-16)21(17-7-4-3-5-8-17)24-22(25)19-9-6-10-20(19)23(26)27/h3-5,7-8,11-15,19-21H,6,9-10H2,1-2H3,(H,24,25)(H,26,27)/t19-,20+,21+/m1/s1. The van der Waals surface area contributed by atoms with Crippen molar-refractivity contribution >= 4 is 11.9 Å². The normalized spacial score (nSPS) is 20.4. The fraction of sp³-hybridized carbons (Fsp3) is 0.391. The molecule has 4 heteroatoms. The Morgan fingerprint density at radius 3 is 2.04 bits per heavy atom. The molecule has 142 valence electrons. The summed E-state index contributed by atoms with van der Waals surface area (Å²) in [5.74, 6) is -1.63. The predicted molar refractivity (Wildman–Crippen MR) is 105 cm³/mol. The number of hydrogen-bond donors (Lipinski definition) is 2. The maximum atomic E-state index is 12.9. The number of carboxylic acid groups (broad SMARTS) is 1. The van der Waals surface area contributed by atoms with E-state index in [4.69, 9.17) is 0 Å². The minimum Gasteiger partial charge on any atom is -0.481 e. The van der Waals surface area contributed by atoms with E-state index in [0.29, 0.717) is 18.8 Å². The van der Waals surface area contributed by atoms with Gasteiger partial charge in [-0.05, 0) is 35.4 Å². The lowest BCUT2D eigenvalue weighted by Crippen LogP contribution is -2.37. The summed E-state index contributed by atoms with van der Waals surface area (Å²) in [5, 5.41) is 12.5. The zero-order valence-corrected chi connectivity index (χ0v) is 15.9. The molecule has 0 saturated heterocycles. The molecule has 3 rings (SSSR count). The molecule has 1 aliphatic rings. The fourth-order valence-electron chi connectivity index (χ4n) is 3.90. The molecule has 1 fully saturated rings. The highest BCUT2D eigenvalue weighted by atomic mass is 16.4. The molecule has 1 saturated carbocycles. The minimum atomic E-state index is -0.870. The molecule has 0 bridgehead atoms. The third-order valence-corrected chi connectivity index (χ3v) is 5.53. The van der Waals surface area contributed by atoms with Crippen molar-refractivity contribution < 1.29 is 14.7 Å². The molecule has 4 nitrogen and oxygen atoms in total. The van der Waals surface area contributed by atoms with Crippen LogP contribution in [0.5, 0.6) is 0 Å². The highest BCUT2D eigenvalue weighted by molar-refractivity contribution is 5.85. The molecule has 0 spiro atoms. The second-order valence-electron chi connectivity index (χ2n) is 7.66. The van der Waals surface area contributed by atoms with Crippen LogP contribution in [0.3, 0.4) is 0 Å². The number of carbonyl (C=O) groups is 2. The van der Waals surface area contributed by atoms with Gasteiger partial charge < -0.3 is 10.4 Å². The van der Waals surface area contributed by atoms with E-state index in [9.17, 15) is 14.7 Å². The van der Waals surface area contributed by atoms with Crippen molar-refractivity contribution in [1.29, 1.82) is 0 Å². The van der Waals surface area contributed by atoms with Gasteiger partial charge in [-0.2, -0.15) is 0 Å². The third kappa shape index (κ3) is 4.38. The molecule has 1 amide bonds. The van der Waals surface area contributed by atoms with E-state index < -0.39 is 17.8 Å². The summed E-state index contributed by atoms with van der Waals surface area (Å²) >= 11 is 0. The molecule has 0 aliphatic heterocycles. The third-order valence-electron chi connectivity index (χ3n) is 5.53. The molecule has 2 aromatic rings. The second kappa shape index (κ2) is 8.38. The van der Waals surface area contributed by atoms with Crippen LogP contribution in [0.1, 0.15) is 61.8 Å². The Hall–Kier alpha value is -2.62. The van der Waals surface area contributed by atoms with Crippen LogP contribution in [0, 0.1) is 11.8 Å². The van der Waals surface area contributed by atoms with E-state index in [2.05, 4.69) is 43.4 Å². The average Bonchev–Trinajstić information content (AvgIpc) is 3.17. The maximum Gasteiger partial charge on any atom is 0.307 e. The SMILES string of the molecule is CC(C)c1ccc([C@@H](NC(=O)[C@@H]2CCC[C@@H]2C(=O)O)c2ccccc2)cc1. The van der Waals surface area contributed by atoms with Gasteiger partial charge >= 0.3 is 5.97 Å². The van der Waals surface area contributed by atoms with Gasteiger partial charge in [0.2, 0.25) is 5.91 Å². The quantitative estimate of drug-likeness (QED) is 0.791. The molecule has 1 aliphatic carbocycles. The van der Waals surface area contributed by atoms with Gasteiger partial charge in [0, 0.05) is 0 Å². The highest BCUT2D eigenvalue weighted by Gasteiger charge is 2.38. The summed E-state index contributed by atoms with van der Waals surface area (Å²) in [5.41, 5.74) is 3.25. The number of amides is 1. The smallest absolute Gasteiger partial charge is 0.307 e. The van der Waals surface area contributed by atoms with Crippen molar-refractivity contribution in [1.82, 2.24) is 5.32 Å². The lowest BCUT2D eigenvalue weighted by atomic mass is 9.92. The molecular formula is C23H27NO3. The predicted octanol–water partition coefficient (Wildman–Crippen LogP) is 4.52. The second-order valence-corrected chi connectivity index (χ2v) is 7.66. The Kier molecular flexibility index (Phi) is 5.94. The van der Waals surface area contributed by atoms with Crippen LogP contribution in [-0.4, -0.2) is 17.0 Å². The summed E-state index contributed by atoms with van der Waals surface area (Å²) in [7, 11) is 0. The Balaban J connectivity index is 1.87. The van der Waals surface area contributed by atoms with E-state index in [1.165, 1.54) is 5.56 Å². The lowest BCUT2D eigenvalue weighted by Gasteiger charge is -2.24. The first-order valence-electron chi connectivity index (χ1n) is 9.65. The van der Waals surface area contributed by atoms with Crippen molar-refractivity contribution in [2.75, 3.05) is 0 Å². The van der Waals surface area contributed by atoms with Gasteiger partial charge in [-0.3, -0.25) is 9.59 Å². The number of carbonyl (C=O) groups excluding carboxylic acids is 1. The number of benzene rings is 2. The van der Waals surface area contributed by atoms with Crippen LogP contribution >= 0.6 is 0 Å². The highest BCUT2D eigenvalue weighted by Crippen LogP contribution is 2.33. The van der Waals surface area contributed by atoms with E-state index in [-0.39, 0.29) is 11.9 Å². The van der Waals surface area contributed by atoms with Gasteiger partial charge in [0.25, 0.3) is 0 Å². The zero-order chi connectivity index (χ0) is 19.4. The Labute approximate surface area is 160 Å². The molecule has 0 aromatic heterocycles. The van der Waals surface area contributed by atoms with Crippen molar-refractivity contribution in [3.63, 3.8) is 0 Å². The van der Waals surface area contributed by atoms with Crippen molar-refractivity contribution in [3.05, 3.63) is 71.3 Å². The average molecular weight is 365 g/mol. The van der Waals surface area contributed by atoms with E-state index in [1.807, 2.05) is 30.3 Å². The number of carboxylic acids is 1. The molecule has 2 N–H and O–H groups in total. The Morgan fingerprint density at radius 1 is 0.889 bits per heavy atom. The molecule has 27 heavy (non-hydrogen) atoms. The Bertz CT molecular complexity index is 783. The number of nitrogens with one attached hydrogen (secondary N) is 1. The Morgan fingerprint density at radius 2 is 1.44 bits per heavy atom. The van der Waals surface area contributed by atoms with Crippen LogP contribution in [0.25, 0.3) is 0 Å². The first kappa shape index (κ1) is 19.2. The first-order valence-corrected chi connectivity index (χ1v) is 9.65. The zero-order valence-electron chi connectivity index (χ0n) is 15.9. The fourth-order valence-corrected chi connectivity index (χ4v) is 3.90. The minimum absolute atomic E-state index is 0.165. The van der Waals surface area contributed by atoms with Gasteiger partial charge in [-0.25, -0.2) is 0 Å². The van der Waals surface area contributed by atoms with Gasteiger partial charge in [-0.15, -0.1) is 0 Å². The van der Waals surface area contributed by atoms with Gasteiger partial charge in [0.05, 0.1) is 17.9 Å². The van der Waals surface area contributed by atoms with Crippen molar-refractivity contribution in [2.24, 2.45) is 11.8 Å². The number of rotatable bonds is 6. The molecule has 3 atom stereocenters. The molecule has 2 aromatic carbocycles. The van der Waals surface area contributed by atoms with Gasteiger partial charge in [-0.1, -0.05) is 74.9 Å². The van der Waals surface area contributed by atoms with Crippen LogP contribution in [0.2, 0.25) is 0 Å². The maximum absolute atomic E-state index is 12.9.